The summed E-state index contributed by atoms with van der Waals surface area (Å²) in [7, 11) is 0. The van der Waals surface area contributed by atoms with Crippen molar-refractivity contribution in [3.8, 4) is 0 Å². The van der Waals surface area contributed by atoms with Crippen molar-refractivity contribution in [2.24, 2.45) is 0 Å². The Hall–Kier alpha value is -0.570. The second-order valence-electron chi connectivity index (χ2n) is 6.50. The second kappa shape index (κ2) is 15.3. The monoisotopic (exact) mass is 314 g/mol. The molecule has 3 nitrogen and oxygen atoms in total. The second-order valence-corrected chi connectivity index (χ2v) is 6.50. The SMILES string of the molecule is CCCCCCCCCCCCC(CC(O)CC)OC(C)=O. The highest BCUT2D eigenvalue weighted by Crippen LogP contribution is 2.16. The molecule has 0 radical (unpaired) electrons. The Kier molecular flexibility index (Phi) is 14.9. The first kappa shape index (κ1) is 21.4. The molecule has 0 aliphatic rings. The highest BCUT2D eigenvalue weighted by Gasteiger charge is 2.15. The zero-order valence-corrected chi connectivity index (χ0v) is 15.1. The summed E-state index contributed by atoms with van der Waals surface area (Å²) in [4.78, 5) is 11.1. The number of hydrogen-bond donors (Lipinski definition) is 1. The third kappa shape index (κ3) is 14.4. The predicted molar refractivity (Wildman–Crippen MR) is 92.9 cm³/mol. The zero-order chi connectivity index (χ0) is 16.6. The molecule has 0 bridgehead atoms. The van der Waals surface area contributed by atoms with Gasteiger partial charge in [0.15, 0.2) is 0 Å². The molecular weight excluding hydrogens is 276 g/mol. The highest BCUT2D eigenvalue weighted by molar-refractivity contribution is 5.66. The zero-order valence-electron chi connectivity index (χ0n) is 15.1. The number of aliphatic hydroxyl groups is 1. The molecule has 0 aromatic carbocycles. The number of unbranched alkanes of at least 4 members (excludes halogenated alkanes) is 9. The van der Waals surface area contributed by atoms with Gasteiger partial charge in [-0.25, -0.2) is 0 Å². The molecule has 0 saturated carbocycles. The van der Waals surface area contributed by atoms with Crippen molar-refractivity contribution >= 4 is 5.97 Å². The molecule has 22 heavy (non-hydrogen) atoms. The van der Waals surface area contributed by atoms with E-state index in [1.165, 1.54) is 64.7 Å². The largest absolute Gasteiger partial charge is 0.462 e. The van der Waals surface area contributed by atoms with Gasteiger partial charge in [-0.15, -0.1) is 0 Å². The fourth-order valence-corrected chi connectivity index (χ4v) is 2.79. The summed E-state index contributed by atoms with van der Waals surface area (Å²) in [5.41, 5.74) is 0. The van der Waals surface area contributed by atoms with Gasteiger partial charge in [-0.1, -0.05) is 71.6 Å². The third-order valence-electron chi connectivity index (χ3n) is 4.22. The maximum atomic E-state index is 11.1. The van der Waals surface area contributed by atoms with Gasteiger partial charge in [0.2, 0.25) is 0 Å². The minimum atomic E-state index is -0.354. The highest BCUT2D eigenvalue weighted by atomic mass is 16.5. The van der Waals surface area contributed by atoms with Gasteiger partial charge in [-0.3, -0.25) is 4.79 Å². The number of hydrogen-bond acceptors (Lipinski definition) is 3. The number of aliphatic hydroxyl groups excluding tert-OH is 1. The minimum Gasteiger partial charge on any atom is -0.462 e. The van der Waals surface area contributed by atoms with Crippen molar-refractivity contribution in [1.29, 1.82) is 0 Å². The molecule has 0 amide bonds. The normalized spacial score (nSPS) is 13.8. The van der Waals surface area contributed by atoms with E-state index < -0.39 is 0 Å². The quantitative estimate of drug-likeness (QED) is 0.325. The van der Waals surface area contributed by atoms with E-state index in [0.29, 0.717) is 6.42 Å². The summed E-state index contributed by atoms with van der Waals surface area (Å²) in [6, 6.07) is 0. The van der Waals surface area contributed by atoms with Crippen LogP contribution in [-0.4, -0.2) is 23.3 Å². The topological polar surface area (TPSA) is 46.5 Å². The molecule has 1 N–H and O–H groups in total. The number of rotatable bonds is 15. The summed E-state index contributed by atoms with van der Waals surface area (Å²) in [5, 5.41) is 9.71. The van der Waals surface area contributed by atoms with Crippen LogP contribution in [0.4, 0.5) is 0 Å². The first-order valence-electron chi connectivity index (χ1n) is 9.45. The van der Waals surface area contributed by atoms with Gasteiger partial charge >= 0.3 is 5.97 Å². The first-order valence-corrected chi connectivity index (χ1v) is 9.45. The molecule has 0 aromatic rings. The van der Waals surface area contributed by atoms with E-state index in [1.54, 1.807) is 0 Å². The van der Waals surface area contributed by atoms with Crippen LogP contribution >= 0.6 is 0 Å². The lowest BCUT2D eigenvalue weighted by Gasteiger charge is -2.19. The minimum absolute atomic E-state index is 0.110. The summed E-state index contributed by atoms with van der Waals surface area (Å²) < 4.78 is 5.31. The average molecular weight is 315 g/mol. The molecule has 0 rings (SSSR count). The van der Waals surface area contributed by atoms with Crippen LogP contribution in [0.5, 0.6) is 0 Å². The van der Waals surface area contributed by atoms with Gasteiger partial charge in [0.25, 0.3) is 0 Å². The number of carbonyl (C=O) groups excluding carboxylic acids is 1. The molecular formula is C19H38O3. The number of ether oxygens (including phenoxy) is 1. The Labute approximate surface area is 137 Å². The van der Waals surface area contributed by atoms with E-state index in [1.807, 2.05) is 6.92 Å². The van der Waals surface area contributed by atoms with Gasteiger partial charge in [0.05, 0.1) is 6.10 Å². The molecule has 0 saturated heterocycles. The molecule has 132 valence electrons. The lowest BCUT2D eigenvalue weighted by Crippen LogP contribution is -2.22. The number of esters is 1. The predicted octanol–water partition coefficient (Wildman–Crippen LogP) is 5.39. The van der Waals surface area contributed by atoms with Crippen LogP contribution in [0.1, 0.15) is 104 Å². The van der Waals surface area contributed by atoms with Crippen molar-refractivity contribution < 1.29 is 14.6 Å². The van der Waals surface area contributed by atoms with Gasteiger partial charge < -0.3 is 9.84 Å². The van der Waals surface area contributed by atoms with Crippen molar-refractivity contribution in [2.75, 3.05) is 0 Å². The smallest absolute Gasteiger partial charge is 0.302 e. The standard InChI is InChI=1S/C19H38O3/c1-4-6-7-8-9-10-11-12-13-14-15-19(22-17(3)20)16-18(21)5-2/h18-19,21H,4-16H2,1-3H3. The van der Waals surface area contributed by atoms with Crippen LogP contribution in [0.3, 0.4) is 0 Å². The Morgan fingerprint density at radius 3 is 1.86 bits per heavy atom. The van der Waals surface area contributed by atoms with Crippen LogP contribution < -0.4 is 0 Å². The Morgan fingerprint density at radius 2 is 1.41 bits per heavy atom. The van der Waals surface area contributed by atoms with Crippen molar-refractivity contribution in [2.45, 2.75) is 116 Å². The van der Waals surface area contributed by atoms with E-state index in [2.05, 4.69) is 6.92 Å². The van der Waals surface area contributed by atoms with Gasteiger partial charge in [-0.2, -0.15) is 0 Å². The molecule has 0 fully saturated rings. The van der Waals surface area contributed by atoms with Gasteiger partial charge in [-0.05, 0) is 19.3 Å². The number of carbonyl (C=O) groups is 1. The van der Waals surface area contributed by atoms with E-state index in [9.17, 15) is 9.90 Å². The summed E-state index contributed by atoms with van der Waals surface area (Å²) >= 11 is 0. The molecule has 2 atom stereocenters. The Bertz CT molecular complexity index is 253. The summed E-state index contributed by atoms with van der Waals surface area (Å²) in [6.07, 6.45) is 14.8. The molecule has 0 spiro atoms. The lowest BCUT2D eigenvalue weighted by atomic mass is 10.0. The van der Waals surface area contributed by atoms with Crippen LogP contribution in [0.15, 0.2) is 0 Å². The van der Waals surface area contributed by atoms with Crippen molar-refractivity contribution in [1.82, 2.24) is 0 Å². The van der Waals surface area contributed by atoms with Crippen LogP contribution in [0.2, 0.25) is 0 Å². The van der Waals surface area contributed by atoms with E-state index in [0.717, 1.165) is 19.3 Å². The van der Waals surface area contributed by atoms with Gasteiger partial charge in [0.1, 0.15) is 6.10 Å². The molecule has 0 aliphatic carbocycles. The average Bonchev–Trinajstić information content (AvgIpc) is 2.48. The molecule has 0 aromatic heterocycles. The maximum Gasteiger partial charge on any atom is 0.302 e. The van der Waals surface area contributed by atoms with Crippen LogP contribution in [0.25, 0.3) is 0 Å². The van der Waals surface area contributed by atoms with E-state index in [4.69, 9.17) is 4.74 Å². The fourth-order valence-electron chi connectivity index (χ4n) is 2.79. The van der Waals surface area contributed by atoms with Crippen molar-refractivity contribution in [3.05, 3.63) is 0 Å². The first-order chi connectivity index (χ1) is 10.6. The van der Waals surface area contributed by atoms with E-state index >= 15 is 0 Å². The fraction of sp³-hybridized carbons (Fsp3) is 0.947. The maximum absolute atomic E-state index is 11.1. The molecule has 3 heteroatoms. The van der Waals surface area contributed by atoms with Crippen LogP contribution in [0, 0.1) is 0 Å². The molecule has 0 heterocycles. The lowest BCUT2D eigenvalue weighted by molar-refractivity contribution is -0.148. The Balaban J connectivity index is 3.56. The van der Waals surface area contributed by atoms with Crippen LogP contribution in [-0.2, 0) is 9.53 Å². The third-order valence-corrected chi connectivity index (χ3v) is 4.22. The van der Waals surface area contributed by atoms with E-state index in [-0.39, 0.29) is 18.2 Å². The van der Waals surface area contributed by atoms with Gasteiger partial charge in [0, 0.05) is 13.3 Å². The summed E-state index contributed by atoms with van der Waals surface area (Å²) in [5.74, 6) is -0.236. The van der Waals surface area contributed by atoms with Crippen molar-refractivity contribution in [3.63, 3.8) is 0 Å². The Morgan fingerprint density at radius 1 is 0.909 bits per heavy atom. The summed E-state index contributed by atoms with van der Waals surface area (Å²) in [6.45, 7) is 5.66. The molecule has 0 aliphatic heterocycles. The molecule has 2 unspecified atom stereocenters.